The third-order valence-electron chi connectivity index (χ3n) is 3.83. The summed E-state index contributed by atoms with van der Waals surface area (Å²) in [6, 6.07) is 1.76. The van der Waals surface area contributed by atoms with Gasteiger partial charge in [-0.3, -0.25) is 5.41 Å². The molecule has 2 rings (SSSR count). The first-order chi connectivity index (χ1) is 9.10. The van der Waals surface area contributed by atoms with Crippen LogP contribution in [0.3, 0.4) is 0 Å². The van der Waals surface area contributed by atoms with Crippen molar-refractivity contribution in [1.29, 1.82) is 5.41 Å². The van der Waals surface area contributed by atoms with E-state index in [4.69, 9.17) is 11.1 Å². The fourth-order valence-corrected chi connectivity index (χ4v) is 2.61. The van der Waals surface area contributed by atoms with Crippen LogP contribution in [-0.2, 0) is 0 Å². The number of nitrogens with zero attached hydrogens (tertiary/aromatic N) is 3. The van der Waals surface area contributed by atoms with Crippen LogP contribution in [0.1, 0.15) is 44.0 Å². The summed E-state index contributed by atoms with van der Waals surface area (Å²) in [6.07, 6.45) is 4.92. The number of aromatic nitrogens is 2. The number of nitrogens with two attached hydrogens (primary N) is 1. The largest absolute Gasteiger partial charge is 0.382 e. The van der Waals surface area contributed by atoms with Crippen LogP contribution < -0.4 is 10.6 Å². The van der Waals surface area contributed by atoms with Crippen LogP contribution >= 0.6 is 0 Å². The van der Waals surface area contributed by atoms with Gasteiger partial charge in [-0.15, -0.1) is 0 Å². The fourth-order valence-electron chi connectivity index (χ4n) is 2.61. The Bertz CT molecular complexity index is 457. The number of amidine groups is 1. The molecule has 5 nitrogen and oxygen atoms in total. The molecule has 0 amide bonds. The molecule has 1 aliphatic rings. The molecule has 1 saturated heterocycles. The second-order valence-electron chi connectivity index (χ2n) is 5.30. The molecule has 5 heteroatoms. The predicted molar refractivity (Wildman–Crippen MR) is 77.6 cm³/mol. The summed E-state index contributed by atoms with van der Waals surface area (Å²) >= 11 is 0. The minimum Gasteiger partial charge on any atom is -0.382 e. The second kappa shape index (κ2) is 5.99. The van der Waals surface area contributed by atoms with Gasteiger partial charge in [0.15, 0.2) is 0 Å². The van der Waals surface area contributed by atoms with Crippen LogP contribution in [0.2, 0.25) is 0 Å². The van der Waals surface area contributed by atoms with E-state index in [1.54, 1.807) is 6.07 Å². The van der Waals surface area contributed by atoms with Gasteiger partial charge in [0, 0.05) is 18.8 Å². The molecular formula is C14H23N5. The summed E-state index contributed by atoms with van der Waals surface area (Å²) in [4.78, 5) is 11.1. The van der Waals surface area contributed by atoms with E-state index < -0.39 is 0 Å². The lowest BCUT2D eigenvalue weighted by Gasteiger charge is -2.21. The molecule has 0 aliphatic carbocycles. The Morgan fingerprint density at radius 3 is 2.89 bits per heavy atom. The number of nitrogen functional groups attached to an aromatic ring is 1. The van der Waals surface area contributed by atoms with Crippen molar-refractivity contribution < 1.29 is 0 Å². The number of aryl methyl sites for hydroxylation is 1. The summed E-state index contributed by atoms with van der Waals surface area (Å²) in [7, 11) is 0. The Balaban J connectivity index is 2.19. The molecule has 104 valence electrons. The number of nitrogens with one attached hydrogen (secondary N) is 1. The van der Waals surface area contributed by atoms with Crippen LogP contribution in [-0.4, -0.2) is 28.9 Å². The van der Waals surface area contributed by atoms with Crippen molar-refractivity contribution in [3.63, 3.8) is 0 Å². The van der Waals surface area contributed by atoms with Gasteiger partial charge < -0.3 is 10.6 Å². The quantitative estimate of drug-likeness (QED) is 0.645. The number of hydrogen-bond donors (Lipinski definition) is 2. The molecule has 1 unspecified atom stereocenters. The molecule has 1 fully saturated rings. The van der Waals surface area contributed by atoms with Gasteiger partial charge in [-0.05, 0) is 38.2 Å². The minimum absolute atomic E-state index is 0.00741. The van der Waals surface area contributed by atoms with Gasteiger partial charge in [-0.25, -0.2) is 9.97 Å². The van der Waals surface area contributed by atoms with Crippen LogP contribution in [0, 0.1) is 18.3 Å². The van der Waals surface area contributed by atoms with Gasteiger partial charge in [0.05, 0.1) is 0 Å². The number of hydrogen-bond acceptors (Lipinski definition) is 4. The highest BCUT2D eigenvalue weighted by atomic mass is 15.3. The third kappa shape index (κ3) is 3.43. The van der Waals surface area contributed by atoms with Gasteiger partial charge in [0.2, 0.25) is 5.95 Å². The highest BCUT2D eigenvalue weighted by molar-refractivity contribution is 5.93. The summed E-state index contributed by atoms with van der Waals surface area (Å²) in [5.41, 5.74) is 6.92. The highest BCUT2D eigenvalue weighted by Crippen LogP contribution is 2.22. The summed E-state index contributed by atoms with van der Waals surface area (Å²) in [5.74, 6) is 1.55. The Hall–Kier alpha value is -1.65. The van der Waals surface area contributed by atoms with Gasteiger partial charge in [-0.1, -0.05) is 13.3 Å². The van der Waals surface area contributed by atoms with Crippen LogP contribution in [0.4, 0.5) is 5.95 Å². The topological polar surface area (TPSA) is 78.9 Å². The maximum Gasteiger partial charge on any atom is 0.226 e. The molecule has 1 atom stereocenters. The Kier molecular flexibility index (Phi) is 4.35. The Morgan fingerprint density at radius 1 is 1.42 bits per heavy atom. The highest BCUT2D eigenvalue weighted by Gasteiger charge is 2.18. The van der Waals surface area contributed by atoms with E-state index in [1.807, 2.05) is 6.92 Å². The minimum atomic E-state index is 0.00741. The molecule has 3 N–H and O–H groups in total. The van der Waals surface area contributed by atoms with E-state index in [9.17, 15) is 0 Å². The second-order valence-corrected chi connectivity index (χ2v) is 5.30. The maximum absolute atomic E-state index is 7.52. The van der Waals surface area contributed by atoms with E-state index in [-0.39, 0.29) is 5.84 Å². The maximum atomic E-state index is 7.52. The molecule has 19 heavy (non-hydrogen) atoms. The zero-order valence-corrected chi connectivity index (χ0v) is 11.8. The normalized spacial score (nSPS) is 20.1. The lowest BCUT2D eigenvalue weighted by molar-refractivity contribution is 0.459. The lowest BCUT2D eigenvalue weighted by atomic mass is 9.98. The van der Waals surface area contributed by atoms with Crippen LogP contribution in [0.25, 0.3) is 0 Å². The SMILES string of the molecule is CCC1CCCN(c2nc(C)cc(C(=N)N)n2)CC1. The smallest absolute Gasteiger partial charge is 0.226 e. The van der Waals surface area contributed by atoms with Crippen molar-refractivity contribution in [2.75, 3.05) is 18.0 Å². The van der Waals surface area contributed by atoms with Gasteiger partial charge in [0.25, 0.3) is 0 Å². The molecule has 1 aromatic rings. The van der Waals surface area contributed by atoms with E-state index in [1.165, 1.54) is 25.7 Å². The first-order valence-corrected chi connectivity index (χ1v) is 7.05. The summed E-state index contributed by atoms with van der Waals surface area (Å²) < 4.78 is 0. The van der Waals surface area contributed by atoms with Gasteiger partial charge in [-0.2, -0.15) is 0 Å². The molecular weight excluding hydrogens is 238 g/mol. The zero-order chi connectivity index (χ0) is 13.8. The van der Waals surface area contributed by atoms with Crippen molar-refractivity contribution in [3.8, 4) is 0 Å². The summed E-state index contributed by atoms with van der Waals surface area (Å²) in [5, 5.41) is 7.52. The molecule has 1 aromatic heterocycles. The zero-order valence-electron chi connectivity index (χ0n) is 11.8. The average Bonchev–Trinajstić information content (AvgIpc) is 2.63. The van der Waals surface area contributed by atoms with E-state index >= 15 is 0 Å². The summed E-state index contributed by atoms with van der Waals surface area (Å²) in [6.45, 7) is 6.18. The Labute approximate surface area is 114 Å². The predicted octanol–water partition coefficient (Wildman–Crippen LogP) is 2.09. The van der Waals surface area contributed by atoms with Crippen LogP contribution in [0.15, 0.2) is 6.07 Å². The van der Waals surface area contributed by atoms with Crippen molar-refractivity contribution in [3.05, 3.63) is 17.5 Å². The number of rotatable bonds is 3. The molecule has 0 spiro atoms. The average molecular weight is 261 g/mol. The van der Waals surface area contributed by atoms with Crippen molar-refractivity contribution in [2.24, 2.45) is 11.7 Å². The molecule has 2 heterocycles. The standard InChI is InChI=1S/C14H23N5/c1-3-11-5-4-7-19(8-6-11)14-17-10(2)9-12(18-14)13(15)16/h9,11H,3-8H2,1-2H3,(H3,15,16). The van der Waals surface area contributed by atoms with Crippen molar-refractivity contribution in [1.82, 2.24) is 9.97 Å². The van der Waals surface area contributed by atoms with Gasteiger partial charge >= 0.3 is 0 Å². The monoisotopic (exact) mass is 261 g/mol. The molecule has 0 radical (unpaired) electrons. The lowest BCUT2D eigenvalue weighted by Crippen LogP contribution is -2.28. The molecule has 0 saturated carbocycles. The molecule has 0 aromatic carbocycles. The van der Waals surface area contributed by atoms with E-state index in [0.717, 1.165) is 30.6 Å². The van der Waals surface area contributed by atoms with Crippen molar-refractivity contribution in [2.45, 2.75) is 39.5 Å². The number of anilines is 1. The van der Waals surface area contributed by atoms with Gasteiger partial charge in [0.1, 0.15) is 11.5 Å². The van der Waals surface area contributed by atoms with E-state index in [0.29, 0.717) is 5.69 Å². The van der Waals surface area contributed by atoms with E-state index in [2.05, 4.69) is 21.8 Å². The van der Waals surface area contributed by atoms with Crippen molar-refractivity contribution >= 4 is 11.8 Å². The first-order valence-electron chi connectivity index (χ1n) is 7.05. The fraction of sp³-hybridized carbons (Fsp3) is 0.643. The third-order valence-corrected chi connectivity index (χ3v) is 3.83. The Morgan fingerprint density at radius 2 is 2.21 bits per heavy atom. The molecule has 1 aliphatic heterocycles. The van der Waals surface area contributed by atoms with Crippen LogP contribution in [0.5, 0.6) is 0 Å². The molecule has 0 bridgehead atoms. The first kappa shape index (κ1) is 13.8.